The summed E-state index contributed by atoms with van der Waals surface area (Å²) in [7, 11) is 0. The number of aromatic amines is 1. The summed E-state index contributed by atoms with van der Waals surface area (Å²) in [5.74, 6) is 1.42. The number of rotatable bonds is 6. The molecule has 0 radical (unpaired) electrons. The van der Waals surface area contributed by atoms with E-state index in [9.17, 15) is 4.79 Å². The largest absolute Gasteiger partial charge is 0.396 e. The van der Waals surface area contributed by atoms with Gasteiger partial charge in [-0.25, -0.2) is 4.98 Å². The number of nitrogens with one attached hydrogen (secondary N) is 1. The van der Waals surface area contributed by atoms with Gasteiger partial charge < -0.3 is 10.1 Å². The maximum Gasteiger partial charge on any atom is 0.255 e. The molecule has 1 aliphatic carbocycles. The Bertz CT molecular complexity index is 507. The van der Waals surface area contributed by atoms with Crippen LogP contribution in [0.2, 0.25) is 0 Å². The molecule has 0 bridgehead atoms. The second kappa shape index (κ2) is 7.99. The Balaban J connectivity index is 2.25. The van der Waals surface area contributed by atoms with Crippen molar-refractivity contribution in [3.63, 3.8) is 0 Å². The van der Waals surface area contributed by atoms with Crippen molar-refractivity contribution in [3.05, 3.63) is 21.6 Å². The van der Waals surface area contributed by atoms with Gasteiger partial charge in [0, 0.05) is 11.3 Å². The van der Waals surface area contributed by atoms with Crippen LogP contribution in [0.3, 0.4) is 0 Å². The molecule has 1 aromatic heterocycles. The average Bonchev–Trinajstić information content (AvgIpc) is 2.45. The molecule has 5 heteroatoms. The Morgan fingerprint density at radius 1 is 1.33 bits per heavy atom. The third-order valence-electron chi connectivity index (χ3n) is 4.13. The van der Waals surface area contributed by atoms with Crippen LogP contribution in [0.1, 0.15) is 63.1 Å². The molecule has 0 aliphatic heterocycles. The lowest BCUT2D eigenvalue weighted by atomic mass is 9.84. The number of H-pyrrole nitrogens is 1. The molecule has 1 heterocycles. The summed E-state index contributed by atoms with van der Waals surface area (Å²) in [4.78, 5) is 19.9. The molecule has 1 aromatic rings. The third kappa shape index (κ3) is 4.58. The highest BCUT2D eigenvalue weighted by molar-refractivity contribution is 7.99. The number of aliphatic hydroxyl groups excluding tert-OH is 1. The number of hydrogen-bond acceptors (Lipinski definition) is 4. The van der Waals surface area contributed by atoms with Crippen molar-refractivity contribution in [2.24, 2.45) is 5.92 Å². The Hall–Kier alpha value is -0.810. The zero-order valence-corrected chi connectivity index (χ0v) is 13.8. The van der Waals surface area contributed by atoms with Gasteiger partial charge in [-0.05, 0) is 18.3 Å². The summed E-state index contributed by atoms with van der Waals surface area (Å²) < 4.78 is 0. The van der Waals surface area contributed by atoms with Gasteiger partial charge in [-0.1, -0.05) is 57.7 Å². The monoisotopic (exact) mass is 310 g/mol. The van der Waals surface area contributed by atoms with Crippen molar-refractivity contribution < 1.29 is 5.11 Å². The first kappa shape index (κ1) is 16.6. The van der Waals surface area contributed by atoms with Crippen molar-refractivity contribution in [2.45, 2.75) is 63.4 Å². The summed E-state index contributed by atoms with van der Waals surface area (Å²) in [6.07, 6.45) is 7.38. The number of thioether (sulfide) groups is 1. The van der Waals surface area contributed by atoms with Gasteiger partial charge in [-0.3, -0.25) is 4.79 Å². The predicted molar refractivity (Wildman–Crippen MR) is 87.0 cm³/mol. The van der Waals surface area contributed by atoms with Crippen LogP contribution in [0, 0.1) is 5.92 Å². The minimum Gasteiger partial charge on any atom is -0.396 e. The average molecular weight is 310 g/mol. The number of aliphatic hydroxyl groups is 1. The zero-order valence-electron chi connectivity index (χ0n) is 13.0. The summed E-state index contributed by atoms with van der Waals surface area (Å²) in [5, 5.41) is 9.57. The second-order valence-corrected chi connectivity index (χ2v) is 7.25. The first-order valence-corrected chi connectivity index (χ1v) is 8.97. The van der Waals surface area contributed by atoms with Crippen LogP contribution >= 0.6 is 11.8 Å². The van der Waals surface area contributed by atoms with Crippen molar-refractivity contribution in [1.29, 1.82) is 0 Å². The van der Waals surface area contributed by atoms with E-state index in [4.69, 9.17) is 5.11 Å². The van der Waals surface area contributed by atoms with E-state index < -0.39 is 0 Å². The normalized spacial score (nSPS) is 16.6. The van der Waals surface area contributed by atoms with E-state index in [0.29, 0.717) is 16.8 Å². The molecule has 0 amide bonds. The highest BCUT2D eigenvalue weighted by atomic mass is 32.2. The predicted octanol–water partition coefficient (Wildman–Crippen LogP) is 3.10. The zero-order chi connectivity index (χ0) is 15.2. The first-order chi connectivity index (χ1) is 10.1. The summed E-state index contributed by atoms with van der Waals surface area (Å²) in [5.41, 5.74) is 1.81. The molecular weight excluding hydrogens is 284 g/mol. The summed E-state index contributed by atoms with van der Waals surface area (Å²) in [6, 6.07) is 0. The highest BCUT2D eigenvalue weighted by Gasteiger charge is 2.20. The van der Waals surface area contributed by atoms with Gasteiger partial charge in [0.05, 0.1) is 12.3 Å². The maximum absolute atomic E-state index is 12.3. The molecule has 0 unspecified atom stereocenters. The van der Waals surface area contributed by atoms with Gasteiger partial charge in [0.2, 0.25) is 0 Å². The highest BCUT2D eigenvalue weighted by Crippen LogP contribution is 2.28. The lowest BCUT2D eigenvalue weighted by molar-refractivity contribution is 0.322. The number of aromatic nitrogens is 2. The molecular formula is C16H26N2O2S. The fourth-order valence-corrected chi connectivity index (χ4v) is 3.76. The van der Waals surface area contributed by atoms with Gasteiger partial charge in [0.1, 0.15) is 0 Å². The topological polar surface area (TPSA) is 66.0 Å². The van der Waals surface area contributed by atoms with Gasteiger partial charge in [0.25, 0.3) is 5.56 Å². The Kier molecular flexibility index (Phi) is 6.30. The van der Waals surface area contributed by atoms with E-state index in [1.165, 1.54) is 43.9 Å². The fraction of sp³-hybridized carbons (Fsp3) is 0.750. The Labute approximate surface area is 130 Å². The first-order valence-electron chi connectivity index (χ1n) is 7.98. The molecule has 2 N–H and O–H groups in total. The molecule has 4 nitrogen and oxygen atoms in total. The van der Waals surface area contributed by atoms with Crippen LogP contribution in [-0.2, 0) is 6.42 Å². The van der Waals surface area contributed by atoms with Gasteiger partial charge >= 0.3 is 0 Å². The standard InChI is InChI=1S/C16H26N2O2S/c1-11(2)14-13(10-12-6-4-3-5-7-12)17-16(18-15(14)20)21-9-8-19/h11-12,19H,3-10H2,1-2H3,(H,17,18,20). The molecule has 0 atom stereocenters. The van der Waals surface area contributed by atoms with E-state index in [-0.39, 0.29) is 18.1 Å². The minimum absolute atomic E-state index is 0.00810. The molecule has 118 valence electrons. The molecule has 1 aliphatic rings. The lowest BCUT2D eigenvalue weighted by Crippen LogP contribution is -2.22. The van der Waals surface area contributed by atoms with Crippen LogP contribution in [-0.4, -0.2) is 27.4 Å². The van der Waals surface area contributed by atoms with Crippen molar-refractivity contribution in [3.8, 4) is 0 Å². The molecule has 0 spiro atoms. The molecule has 0 saturated heterocycles. The van der Waals surface area contributed by atoms with E-state index in [1.807, 2.05) is 0 Å². The molecule has 0 aromatic carbocycles. The minimum atomic E-state index is -0.00810. The Morgan fingerprint density at radius 3 is 2.67 bits per heavy atom. The molecule has 2 rings (SSSR count). The van der Waals surface area contributed by atoms with Crippen LogP contribution in [0.5, 0.6) is 0 Å². The third-order valence-corrected chi connectivity index (χ3v) is 4.98. The van der Waals surface area contributed by atoms with Crippen molar-refractivity contribution >= 4 is 11.8 Å². The van der Waals surface area contributed by atoms with Crippen LogP contribution in [0.15, 0.2) is 9.95 Å². The van der Waals surface area contributed by atoms with Crippen LogP contribution in [0.25, 0.3) is 0 Å². The van der Waals surface area contributed by atoms with Gasteiger partial charge in [0.15, 0.2) is 5.16 Å². The van der Waals surface area contributed by atoms with Gasteiger partial charge in [-0.15, -0.1) is 0 Å². The fourth-order valence-electron chi connectivity index (χ4n) is 3.13. The second-order valence-electron chi connectivity index (χ2n) is 6.17. The smallest absolute Gasteiger partial charge is 0.255 e. The Morgan fingerprint density at radius 2 is 2.05 bits per heavy atom. The SMILES string of the molecule is CC(C)c1c(CC2CCCCC2)nc(SCCO)[nH]c1=O. The summed E-state index contributed by atoms with van der Waals surface area (Å²) >= 11 is 1.41. The van der Waals surface area contributed by atoms with Crippen LogP contribution in [0.4, 0.5) is 0 Å². The van der Waals surface area contributed by atoms with E-state index in [0.717, 1.165) is 17.7 Å². The molecule has 21 heavy (non-hydrogen) atoms. The lowest BCUT2D eigenvalue weighted by Gasteiger charge is -2.22. The van der Waals surface area contributed by atoms with Gasteiger partial charge in [-0.2, -0.15) is 0 Å². The van der Waals surface area contributed by atoms with E-state index in [2.05, 4.69) is 23.8 Å². The molecule has 1 fully saturated rings. The van der Waals surface area contributed by atoms with Crippen LogP contribution < -0.4 is 5.56 Å². The quantitative estimate of drug-likeness (QED) is 0.626. The number of nitrogens with zero attached hydrogens (tertiary/aromatic N) is 1. The van der Waals surface area contributed by atoms with E-state index in [1.54, 1.807) is 0 Å². The maximum atomic E-state index is 12.3. The van der Waals surface area contributed by atoms with Crippen molar-refractivity contribution in [2.75, 3.05) is 12.4 Å². The number of hydrogen-bond donors (Lipinski definition) is 2. The van der Waals surface area contributed by atoms with E-state index >= 15 is 0 Å². The molecule has 1 saturated carbocycles. The van der Waals surface area contributed by atoms with Crippen molar-refractivity contribution in [1.82, 2.24) is 9.97 Å². The summed E-state index contributed by atoms with van der Waals surface area (Å²) in [6.45, 7) is 4.20.